The smallest absolute Gasteiger partial charge is 0.376 e. The molecule has 1 aromatic heterocycles. The molecule has 1 amide bonds. The van der Waals surface area contributed by atoms with Gasteiger partial charge in [-0.15, -0.1) is 0 Å². The second-order valence-electron chi connectivity index (χ2n) is 8.12. The molecule has 4 aromatic rings. The van der Waals surface area contributed by atoms with Crippen molar-refractivity contribution in [2.45, 2.75) is 26.2 Å². The molecule has 0 aliphatic rings. The highest BCUT2D eigenvalue weighted by Crippen LogP contribution is 2.21. The summed E-state index contributed by atoms with van der Waals surface area (Å²) in [6.45, 7) is 2.30. The molecule has 0 unspecified atom stereocenters. The minimum atomic E-state index is -0.827. The summed E-state index contributed by atoms with van der Waals surface area (Å²) in [5.74, 6) is -1.09. The van der Waals surface area contributed by atoms with Gasteiger partial charge in [0.1, 0.15) is 17.0 Å². The number of benzene rings is 3. The number of carbonyl (C=O) groups excluding carboxylic acids is 2. The summed E-state index contributed by atoms with van der Waals surface area (Å²) < 4.78 is 16.4. The van der Waals surface area contributed by atoms with E-state index in [4.69, 9.17) is 13.9 Å². The number of esters is 1. The van der Waals surface area contributed by atoms with E-state index in [1.54, 1.807) is 55.5 Å². The predicted octanol–water partition coefficient (Wildman–Crippen LogP) is 5.62. The molecule has 0 spiro atoms. The molecule has 1 heterocycles. The van der Waals surface area contributed by atoms with Gasteiger partial charge in [0.25, 0.3) is 5.91 Å². The maximum absolute atomic E-state index is 13.0. The summed E-state index contributed by atoms with van der Waals surface area (Å²) in [6.07, 6.45) is 2.92. The van der Waals surface area contributed by atoms with Gasteiger partial charge in [0.15, 0.2) is 0 Å². The highest BCUT2D eigenvalue weighted by atomic mass is 16.5. The lowest BCUT2D eigenvalue weighted by atomic mass is 10.1. The Hall–Kier alpha value is -4.39. The van der Waals surface area contributed by atoms with Crippen LogP contribution in [0.3, 0.4) is 0 Å². The minimum absolute atomic E-state index is 0.0937. The van der Waals surface area contributed by atoms with Gasteiger partial charge in [0.05, 0.1) is 18.6 Å². The fourth-order valence-corrected chi connectivity index (χ4v) is 3.75. The second kappa shape index (κ2) is 11.8. The van der Waals surface area contributed by atoms with Crippen molar-refractivity contribution in [3.63, 3.8) is 0 Å². The minimum Gasteiger partial charge on any atom is -0.494 e. The van der Waals surface area contributed by atoms with Crippen LogP contribution in [0.2, 0.25) is 0 Å². The second-order valence-corrected chi connectivity index (χ2v) is 8.12. The van der Waals surface area contributed by atoms with Crippen molar-refractivity contribution in [3.05, 3.63) is 106 Å². The van der Waals surface area contributed by atoms with E-state index in [1.165, 1.54) is 5.56 Å². The molecule has 0 fully saturated rings. The zero-order chi connectivity index (χ0) is 25.3. The quantitative estimate of drug-likeness (QED) is 0.231. The maximum Gasteiger partial charge on any atom is 0.376 e. The molecule has 0 saturated carbocycles. The van der Waals surface area contributed by atoms with Gasteiger partial charge in [-0.05, 0) is 68.1 Å². The molecule has 0 aliphatic heterocycles. The Morgan fingerprint density at radius 3 is 2.36 bits per heavy atom. The van der Waals surface area contributed by atoms with Gasteiger partial charge in [-0.25, -0.2) is 4.79 Å². The van der Waals surface area contributed by atoms with E-state index in [-0.39, 0.29) is 29.0 Å². The van der Waals surface area contributed by atoms with Crippen molar-refractivity contribution in [2.24, 2.45) is 0 Å². The fraction of sp³-hybridized carbons (Fsp3) is 0.207. The molecule has 7 nitrogen and oxygen atoms in total. The van der Waals surface area contributed by atoms with E-state index in [0.29, 0.717) is 17.9 Å². The molecular weight excluding hydrogens is 458 g/mol. The van der Waals surface area contributed by atoms with Crippen LogP contribution in [0.1, 0.15) is 46.2 Å². The third kappa shape index (κ3) is 5.99. The lowest BCUT2D eigenvalue weighted by Crippen LogP contribution is -2.22. The summed E-state index contributed by atoms with van der Waals surface area (Å²) in [4.78, 5) is 38.4. The van der Waals surface area contributed by atoms with E-state index < -0.39 is 17.3 Å². The van der Waals surface area contributed by atoms with Gasteiger partial charge >= 0.3 is 5.97 Å². The lowest BCUT2D eigenvalue weighted by Gasteiger charge is -2.11. The van der Waals surface area contributed by atoms with Crippen LogP contribution in [0.5, 0.6) is 5.75 Å². The van der Waals surface area contributed by atoms with Gasteiger partial charge in [-0.3, -0.25) is 9.59 Å². The number of fused-ring (bicyclic) bond motifs is 1. The van der Waals surface area contributed by atoms with E-state index in [2.05, 4.69) is 17.4 Å². The average molecular weight is 486 g/mol. The number of ether oxygens (including phenoxy) is 2. The Morgan fingerprint density at radius 1 is 0.889 bits per heavy atom. The third-order valence-corrected chi connectivity index (χ3v) is 5.59. The number of amides is 1. The van der Waals surface area contributed by atoms with Crippen molar-refractivity contribution in [2.75, 3.05) is 18.5 Å². The predicted molar refractivity (Wildman–Crippen MR) is 138 cm³/mol. The first kappa shape index (κ1) is 24.7. The first-order valence-corrected chi connectivity index (χ1v) is 11.9. The largest absolute Gasteiger partial charge is 0.494 e. The van der Waals surface area contributed by atoms with Crippen LogP contribution in [0, 0.1) is 0 Å². The van der Waals surface area contributed by atoms with Crippen molar-refractivity contribution < 1.29 is 23.5 Å². The van der Waals surface area contributed by atoms with Gasteiger partial charge < -0.3 is 19.2 Å². The molecule has 3 aromatic carbocycles. The van der Waals surface area contributed by atoms with Gasteiger partial charge in [-0.2, -0.15) is 0 Å². The number of aryl methyl sites for hydroxylation is 1. The van der Waals surface area contributed by atoms with Gasteiger partial charge in [0.2, 0.25) is 11.2 Å². The number of hydrogen-bond acceptors (Lipinski definition) is 6. The Balaban J connectivity index is 1.41. The zero-order valence-corrected chi connectivity index (χ0v) is 20.0. The highest BCUT2D eigenvalue weighted by molar-refractivity contribution is 6.08. The SMILES string of the molecule is CCOC(=O)c1oc2ccccc2c(=O)c1NC(=O)c1ccc(OCCCCc2ccccc2)cc1. The summed E-state index contributed by atoms with van der Waals surface area (Å²) in [5.41, 5.74) is 1.06. The lowest BCUT2D eigenvalue weighted by molar-refractivity contribution is 0.0492. The number of hydrogen-bond donors (Lipinski definition) is 1. The summed E-state index contributed by atoms with van der Waals surface area (Å²) in [5, 5.41) is 2.78. The average Bonchev–Trinajstić information content (AvgIpc) is 2.91. The molecular formula is C29H27NO6. The van der Waals surface area contributed by atoms with E-state index in [1.807, 2.05) is 18.2 Å². The van der Waals surface area contributed by atoms with Crippen LogP contribution in [0.4, 0.5) is 5.69 Å². The highest BCUT2D eigenvalue weighted by Gasteiger charge is 2.23. The molecule has 0 aliphatic carbocycles. The first-order valence-electron chi connectivity index (χ1n) is 11.9. The van der Waals surface area contributed by atoms with Crippen molar-refractivity contribution >= 4 is 28.5 Å². The zero-order valence-electron chi connectivity index (χ0n) is 20.0. The van der Waals surface area contributed by atoms with Crippen LogP contribution in [0.15, 0.2) is 88.1 Å². The number of unbranched alkanes of at least 4 members (excludes halogenated alkanes) is 1. The molecule has 4 rings (SSSR count). The molecule has 184 valence electrons. The van der Waals surface area contributed by atoms with Crippen molar-refractivity contribution in [1.29, 1.82) is 0 Å². The summed E-state index contributed by atoms with van der Waals surface area (Å²) in [7, 11) is 0. The number of rotatable bonds is 10. The van der Waals surface area contributed by atoms with E-state index in [9.17, 15) is 14.4 Å². The first-order chi connectivity index (χ1) is 17.6. The number of nitrogens with one attached hydrogen (secondary N) is 1. The van der Waals surface area contributed by atoms with Gasteiger partial charge in [0, 0.05) is 5.56 Å². The molecule has 0 atom stereocenters. The van der Waals surface area contributed by atoms with E-state index >= 15 is 0 Å². The number of carbonyl (C=O) groups is 2. The van der Waals surface area contributed by atoms with Crippen molar-refractivity contribution in [1.82, 2.24) is 0 Å². The Kier molecular flexibility index (Phi) is 8.13. The Morgan fingerprint density at radius 2 is 1.61 bits per heavy atom. The topological polar surface area (TPSA) is 94.8 Å². The molecule has 0 radical (unpaired) electrons. The number of anilines is 1. The summed E-state index contributed by atoms with van der Waals surface area (Å²) in [6, 6.07) is 23.4. The normalized spacial score (nSPS) is 10.7. The van der Waals surface area contributed by atoms with Crippen LogP contribution in [-0.4, -0.2) is 25.1 Å². The Bertz CT molecular complexity index is 1390. The number of para-hydroxylation sites is 1. The fourth-order valence-electron chi connectivity index (χ4n) is 3.75. The summed E-state index contributed by atoms with van der Waals surface area (Å²) >= 11 is 0. The van der Waals surface area contributed by atoms with Crippen LogP contribution < -0.4 is 15.5 Å². The standard InChI is InChI=1S/C29H27NO6/c1-2-34-29(33)27-25(26(31)23-13-6-7-14-24(23)36-27)30-28(32)21-15-17-22(18-16-21)35-19-9-8-12-20-10-4-3-5-11-20/h3-7,10-11,13-18H,2,8-9,12,19H2,1H3,(H,30,32). The van der Waals surface area contributed by atoms with Crippen molar-refractivity contribution in [3.8, 4) is 5.75 Å². The van der Waals surface area contributed by atoms with Crippen LogP contribution in [-0.2, 0) is 11.2 Å². The van der Waals surface area contributed by atoms with Crippen LogP contribution >= 0.6 is 0 Å². The third-order valence-electron chi connectivity index (χ3n) is 5.59. The molecule has 7 heteroatoms. The van der Waals surface area contributed by atoms with Gasteiger partial charge in [-0.1, -0.05) is 42.5 Å². The monoisotopic (exact) mass is 485 g/mol. The van der Waals surface area contributed by atoms with Crippen LogP contribution in [0.25, 0.3) is 11.0 Å². The maximum atomic E-state index is 13.0. The molecule has 36 heavy (non-hydrogen) atoms. The molecule has 0 bridgehead atoms. The van der Waals surface area contributed by atoms with E-state index in [0.717, 1.165) is 19.3 Å². The molecule has 0 saturated heterocycles. The Labute approximate surface area is 208 Å². The molecule has 1 N–H and O–H groups in total.